The molecule has 0 unspecified atom stereocenters. The summed E-state index contributed by atoms with van der Waals surface area (Å²) in [5.41, 5.74) is 5.25. The first-order valence-corrected chi connectivity index (χ1v) is 13.1. The minimum Gasteiger partial charge on any atom is -0.468 e. The van der Waals surface area contributed by atoms with Crippen LogP contribution in [0.2, 0.25) is 19.6 Å². The van der Waals surface area contributed by atoms with Gasteiger partial charge in [-0.3, -0.25) is 14.2 Å². The SMILES string of the molecule is CCOC(=O)n1cc(CC(C(=O)OC)C(=O)OC)c2c(C#C[Si](C)(C)C)cccc21. The lowest BCUT2D eigenvalue weighted by Gasteiger charge is -2.12. The molecule has 1 aromatic heterocycles. The van der Waals surface area contributed by atoms with E-state index in [1.54, 1.807) is 19.2 Å². The number of hydrogen-bond donors (Lipinski definition) is 0. The Hall–Kier alpha value is -3.05. The molecule has 2 rings (SSSR count). The number of aromatic nitrogens is 1. The Morgan fingerprint density at radius 1 is 1.10 bits per heavy atom. The van der Waals surface area contributed by atoms with Gasteiger partial charge in [0.1, 0.15) is 8.07 Å². The highest BCUT2D eigenvalue weighted by molar-refractivity contribution is 6.83. The largest absolute Gasteiger partial charge is 0.468 e. The van der Waals surface area contributed by atoms with Crippen LogP contribution in [0, 0.1) is 17.4 Å². The van der Waals surface area contributed by atoms with Crippen LogP contribution in [0.25, 0.3) is 10.9 Å². The fraction of sp³-hybridized carbons (Fsp3) is 0.409. The van der Waals surface area contributed by atoms with E-state index in [2.05, 4.69) is 31.1 Å². The molecule has 0 aliphatic heterocycles. The Balaban J connectivity index is 2.71. The average Bonchev–Trinajstić information content (AvgIpc) is 3.08. The number of benzene rings is 1. The molecule has 0 aliphatic carbocycles. The number of ether oxygens (including phenoxy) is 3. The minimum absolute atomic E-state index is 0.00783. The number of rotatable bonds is 5. The van der Waals surface area contributed by atoms with Gasteiger partial charge in [-0.1, -0.05) is 31.6 Å². The molecule has 0 atom stereocenters. The van der Waals surface area contributed by atoms with Crippen molar-refractivity contribution in [1.82, 2.24) is 4.57 Å². The van der Waals surface area contributed by atoms with E-state index < -0.39 is 32.0 Å². The molecule has 0 bridgehead atoms. The number of esters is 2. The quantitative estimate of drug-likeness (QED) is 0.238. The van der Waals surface area contributed by atoms with E-state index in [1.165, 1.54) is 18.8 Å². The van der Waals surface area contributed by atoms with Gasteiger partial charge in [0.05, 0.1) is 26.3 Å². The third kappa shape index (κ3) is 5.30. The topological polar surface area (TPSA) is 83.8 Å². The number of methoxy groups -OCH3 is 2. The first-order chi connectivity index (χ1) is 14.1. The zero-order valence-corrected chi connectivity index (χ0v) is 19.2. The number of fused-ring (bicyclic) bond motifs is 1. The average molecular weight is 430 g/mol. The first-order valence-electron chi connectivity index (χ1n) is 9.61. The summed E-state index contributed by atoms with van der Waals surface area (Å²) in [7, 11) is 0.767. The van der Waals surface area contributed by atoms with Gasteiger partial charge in [0.15, 0.2) is 5.92 Å². The molecule has 8 heteroatoms. The van der Waals surface area contributed by atoms with Crippen LogP contribution in [0.5, 0.6) is 0 Å². The van der Waals surface area contributed by atoms with Gasteiger partial charge in [-0.05, 0) is 31.0 Å². The van der Waals surface area contributed by atoms with Crippen molar-refractivity contribution in [2.75, 3.05) is 20.8 Å². The van der Waals surface area contributed by atoms with Gasteiger partial charge in [0.2, 0.25) is 0 Å². The van der Waals surface area contributed by atoms with Crippen molar-refractivity contribution in [1.29, 1.82) is 0 Å². The summed E-state index contributed by atoms with van der Waals surface area (Å²) in [6.45, 7) is 8.34. The molecule has 0 fully saturated rings. The Labute approximate surface area is 177 Å². The fourth-order valence-corrected chi connectivity index (χ4v) is 3.50. The van der Waals surface area contributed by atoms with Crippen LogP contribution in [-0.4, -0.2) is 51.5 Å². The van der Waals surface area contributed by atoms with Crippen molar-refractivity contribution in [2.45, 2.75) is 33.0 Å². The van der Waals surface area contributed by atoms with Crippen LogP contribution in [0.4, 0.5) is 4.79 Å². The van der Waals surface area contributed by atoms with E-state index in [1.807, 2.05) is 12.1 Å². The molecule has 0 amide bonds. The lowest BCUT2D eigenvalue weighted by molar-refractivity contribution is -0.158. The highest BCUT2D eigenvalue weighted by atomic mass is 28.3. The Bertz CT molecular complexity index is 1010. The van der Waals surface area contributed by atoms with Crippen LogP contribution < -0.4 is 0 Å². The summed E-state index contributed by atoms with van der Waals surface area (Å²) < 4.78 is 16.1. The minimum atomic E-state index is -1.66. The van der Waals surface area contributed by atoms with E-state index in [0.717, 1.165) is 5.56 Å². The van der Waals surface area contributed by atoms with Crippen LogP contribution in [0.15, 0.2) is 24.4 Å². The van der Waals surface area contributed by atoms with E-state index in [4.69, 9.17) is 14.2 Å². The Kier molecular flexibility index (Phi) is 7.46. The van der Waals surface area contributed by atoms with E-state index in [9.17, 15) is 14.4 Å². The molecule has 30 heavy (non-hydrogen) atoms. The molecular weight excluding hydrogens is 402 g/mol. The fourth-order valence-electron chi connectivity index (χ4n) is 2.99. The summed E-state index contributed by atoms with van der Waals surface area (Å²) in [5.74, 6) is 0.664. The van der Waals surface area contributed by atoms with Crippen LogP contribution >= 0.6 is 0 Å². The smallest absolute Gasteiger partial charge is 0.418 e. The molecule has 0 saturated heterocycles. The molecule has 0 saturated carbocycles. The highest BCUT2D eigenvalue weighted by Gasteiger charge is 2.31. The molecule has 7 nitrogen and oxygen atoms in total. The molecule has 0 spiro atoms. The molecule has 1 heterocycles. The first kappa shape index (κ1) is 23.2. The molecule has 0 aliphatic rings. The predicted octanol–water partition coefficient (Wildman–Crippen LogP) is 3.38. The summed E-state index contributed by atoms with van der Waals surface area (Å²) in [6, 6.07) is 5.45. The summed E-state index contributed by atoms with van der Waals surface area (Å²) in [6.07, 6.45) is 1.05. The van der Waals surface area contributed by atoms with Gasteiger partial charge in [0.25, 0.3) is 0 Å². The zero-order valence-electron chi connectivity index (χ0n) is 18.2. The van der Waals surface area contributed by atoms with Crippen molar-refractivity contribution in [2.24, 2.45) is 5.92 Å². The maximum Gasteiger partial charge on any atom is 0.418 e. The van der Waals surface area contributed by atoms with Crippen molar-refractivity contribution in [3.63, 3.8) is 0 Å². The molecule has 0 N–H and O–H groups in total. The number of carbonyl (C=O) groups is 3. The van der Waals surface area contributed by atoms with Gasteiger partial charge >= 0.3 is 18.0 Å². The van der Waals surface area contributed by atoms with Crippen LogP contribution in [0.1, 0.15) is 18.1 Å². The second-order valence-electron chi connectivity index (χ2n) is 7.73. The maximum absolute atomic E-state index is 12.5. The standard InChI is InChI=1S/C22H27NO6Si/c1-7-29-22(26)23-14-16(13-17(20(24)27-2)21(25)28-3)19-15(9-8-10-18(19)23)11-12-30(4,5)6/h8-10,14,17H,7,13H2,1-6H3. The van der Waals surface area contributed by atoms with Gasteiger partial charge < -0.3 is 14.2 Å². The predicted molar refractivity (Wildman–Crippen MR) is 116 cm³/mol. The van der Waals surface area contributed by atoms with Crippen molar-refractivity contribution in [3.8, 4) is 11.5 Å². The van der Waals surface area contributed by atoms with Gasteiger partial charge in [-0.2, -0.15) is 0 Å². The molecular formula is C22H27NO6Si. The summed E-state index contributed by atoms with van der Waals surface area (Å²) in [4.78, 5) is 36.9. The molecule has 1 aromatic carbocycles. The number of nitrogens with zero attached hydrogens (tertiary/aromatic N) is 1. The van der Waals surface area contributed by atoms with E-state index in [0.29, 0.717) is 16.5 Å². The van der Waals surface area contributed by atoms with Gasteiger partial charge in [-0.25, -0.2) is 4.79 Å². The highest BCUT2D eigenvalue weighted by Crippen LogP contribution is 2.28. The Morgan fingerprint density at radius 3 is 2.27 bits per heavy atom. The van der Waals surface area contributed by atoms with E-state index in [-0.39, 0.29) is 13.0 Å². The zero-order chi connectivity index (χ0) is 22.5. The lowest BCUT2D eigenvalue weighted by atomic mass is 9.97. The lowest BCUT2D eigenvalue weighted by Crippen LogP contribution is -2.28. The Morgan fingerprint density at radius 2 is 1.73 bits per heavy atom. The van der Waals surface area contributed by atoms with Crippen LogP contribution in [0.3, 0.4) is 0 Å². The number of hydrogen-bond acceptors (Lipinski definition) is 6. The monoisotopic (exact) mass is 429 g/mol. The second-order valence-corrected chi connectivity index (χ2v) is 12.5. The summed E-state index contributed by atoms with van der Waals surface area (Å²) >= 11 is 0. The molecule has 2 aromatic rings. The van der Waals surface area contributed by atoms with Crippen LogP contribution in [-0.2, 0) is 30.2 Å². The number of carbonyl (C=O) groups excluding carboxylic acids is 3. The van der Waals surface area contributed by atoms with Crippen molar-refractivity contribution in [3.05, 3.63) is 35.5 Å². The third-order valence-corrected chi connectivity index (χ3v) is 5.22. The molecule has 160 valence electrons. The second kappa shape index (κ2) is 9.63. The van der Waals surface area contributed by atoms with Gasteiger partial charge in [-0.15, -0.1) is 5.54 Å². The maximum atomic E-state index is 12.5. The normalized spacial score (nSPS) is 11.0. The third-order valence-electron chi connectivity index (χ3n) is 4.34. The van der Waals surface area contributed by atoms with Crippen molar-refractivity contribution >= 4 is 37.0 Å². The molecule has 0 radical (unpaired) electrons. The van der Waals surface area contributed by atoms with E-state index >= 15 is 0 Å². The van der Waals surface area contributed by atoms with Crippen molar-refractivity contribution < 1.29 is 28.6 Å². The van der Waals surface area contributed by atoms with Gasteiger partial charge in [0, 0.05) is 17.1 Å². The summed E-state index contributed by atoms with van der Waals surface area (Å²) in [5, 5.41) is 0.703.